The zero-order valence-corrected chi connectivity index (χ0v) is 7.84. The van der Waals surface area contributed by atoms with Gasteiger partial charge in [-0.3, -0.25) is 0 Å². The molecule has 64 valence electrons. The van der Waals surface area contributed by atoms with Crippen molar-refractivity contribution in [2.24, 2.45) is 11.8 Å². The highest BCUT2D eigenvalue weighted by Gasteiger charge is 2.11. The third-order valence-electron chi connectivity index (χ3n) is 2.63. The van der Waals surface area contributed by atoms with E-state index in [2.05, 4.69) is 26.0 Å². The number of unbranched alkanes of at least 4 members (excludes halogenated alkanes) is 1. The minimum atomic E-state index is 0.841. The van der Waals surface area contributed by atoms with Crippen LogP contribution in [0.15, 0.2) is 12.2 Å². The molecule has 0 bridgehead atoms. The first-order chi connectivity index (χ1) is 5.33. The van der Waals surface area contributed by atoms with E-state index in [1.165, 1.54) is 32.1 Å². The molecule has 0 saturated carbocycles. The molecule has 1 rings (SSSR count). The van der Waals surface area contributed by atoms with E-state index in [0.29, 0.717) is 0 Å². The summed E-state index contributed by atoms with van der Waals surface area (Å²) in [5.41, 5.74) is 0. The van der Waals surface area contributed by atoms with Crippen molar-refractivity contribution in [3.05, 3.63) is 12.2 Å². The third-order valence-corrected chi connectivity index (χ3v) is 2.63. The van der Waals surface area contributed by atoms with Crippen molar-refractivity contribution in [2.45, 2.75) is 46.0 Å². The molecule has 0 N–H and O–H groups in total. The second kappa shape index (κ2) is 4.58. The smallest absolute Gasteiger partial charge is 0.0233 e. The van der Waals surface area contributed by atoms with Gasteiger partial charge in [-0.05, 0) is 31.1 Å². The van der Waals surface area contributed by atoms with Crippen molar-refractivity contribution in [3.8, 4) is 0 Å². The lowest BCUT2D eigenvalue weighted by Crippen LogP contribution is -2.05. The van der Waals surface area contributed by atoms with Crippen LogP contribution in [0.3, 0.4) is 0 Å². The molecular formula is C11H20. The van der Waals surface area contributed by atoms with Crippen molar-refractivity contribution < 1.29 is 0 Å². The van der Waals surface area contributed by atoms with Crippen molar-refractivity contribution in [1.29, 1.82) is 0 Å². The summed E-state index contributed by atoms with van der Waals surface area (Å²) in [6.07, 6.45) is 11.8. The van der Waals surface area contributed by atoms with Crippen LogP contribution < -0.4 is 0 Å². The maximum atomic E-state index is 2.43. The first kappa shape index (κ1) is 8.83. The number of hydrogen-bond acceptors (Lipinski definition) is 0. The number of hydrogen-bond donors (Lipinski definition) is 0. The second-order valence-electron chi connectivity index (χ2n) is 3.84. The van der Waals surface area contributed by atoms with E-state index < -0.39 is 0 Å². The van der Waals surface area contributed by atoms with Crippen LogP contribution in [-0.4, -0.2) is 0 Å². The lowest BCUT2D eigenvalue weighted by atomic mass is 9.87. The Morgan fingerprint density at radius 2 is 2.09 bits per heavy atom. The maximum absolute atomic E-state index is 2.43. The SMILES string of the molecule is CCCC[C@@H]1C=C[C@H](C)CC1. The summed E-state index contributed by atoms with van der Waals surface area (Å²) in [4.78, 5) is 0. The molecule has 0 nitrogen and oxygen atoms in total. The molecule has 2 atom stereocenters. The minimum absolute atomic E-state index is 0.841. The molecule has 0 unspecified atom stereocenters. The van der Waals surface area contributed by atoms with Crippen molar-refractivity contribution >= 4 is 0 Å². The standard InChI is InChI=1S/C11H20/c1-3-4-5-11-8-6-10(2)7-9-11/h6,8,10-11H,3-5,7,9H2,1-2H3/t10-,11+/m0/s1. The largest absolute Gasteiger partial charge is 0.0854 e. The van der Waals surface area contributed by atoms with E-state index in [1.807, 2.05) is 0 Å². The van der Waals surface area contributed by atoms with Gasteiger partial charge in [0.15, 0.2) is 0 Å². The summed E-state index contributed by atoms with van der Waals surface area (Å²) in [5, 5.41) is 0. The van der Waals surface area contributed by atoms with Gasteiger partial charge in [0, 0.05) is 0 Å². The van der Waals surface area contributed by atoms with Crippen molar-refractivity contribution in [3.63, 3.8) is 0 Å². The van der Waals surface area contributed by atoms with E-state index in [-0.39, 0.29) is 0 Å². The minimum Gasteiger partial charge on any atom is -0.0854 e. The fraction of sp³-hybridized carbons (Fsp3) is 0.818. The van der Waals surface area contributed by atoms with Gasteiger partial charge in [-0.25, -0.2) is 0 Å². The molecule has 1 aliphatic carbocycles. The second-order valence-corrected chi connectivity index (χ2v) is 3.84. The van der Waals surface area contributed by atoms with Crippen molar-refractivity contribution in [1.82, 2.24) is 0 Å². The number of rotatable bonds is 3. The Morgan fingerprint density at radius 3 is 2.64 bits per heavy atom. The Balaban J connectivity index is 2.21. The molecule has 0 radical (unpaired) electrons. The fourth-order valence-electron chi connectivity index (χ4n) is 1.72. The summed E-state index contributed by atoms with van der Waals surface area (Å²) in [7, 11) is 0. The molecule has 0 aromatic carbocycles. The Hall–Kier alpha value is -0.260. The predicted octanol–water partition coefficient (Wildman–Crippen LogP) is 3.78. The van der Waals surface area contributed by atoms with E-state index in [4.69, 9.17) is 0 Å². The molecule has 0 fully saturated rings. The molecule has 0 heteroatoms. The van der Waals surface area contributed by atoms with Crippen LogP contribution in [0.5, 0.6) is 0 Å². The van der Waals surface area contributed by atoms with Crippen LogP contribution >= 0.6 is 0 Å². The third kappa shape index (κ3) is 3.09. The Labute approximate surface area is 70.7 Å². The van der Waals surface area contributed by atoms with E-state index >= 15 is 0 Å². The van der Waals surface area contributed by atoms with Gasteiger partial charge in [0.05, 0.1) is 0 Å². The van der Waals surface area contributed by atoms with E-state index in [1.54, 1.807) is 0 Å². The van der Waals surface area contributed by atoms with Gasteiger partial charge >= 0.3 is 0 Å². The van der Waals surface area contributed by atoms with Crippen LogP contribution in [0.1, 0.15) is 46.0 Å². The first-order valence-electron chi connectivity index (χ1n) is 5.01. The van der Waals surface area contributed by atoms with Gasteiger partial charge in [0.25, 0.3) is 0 Å². The molecular weight excluding hydrogens is 132 g/mol. The van der Waals surface area contributed by atoms with Gasteiger partial charge in [-0.1, -0.05) is 38.8 Å². The van der Waals surface area contributed by atoms with Crippen molar-refractivity contribution in [2.75, 3.05) is 0 Å². The lowest BCUT2D eigenvalue weighted by molar-refractivity contribution is 0.441. The average Bonchev–Trinajstić information content (AvgIpc) is 2.04. The van der Waals surface area contributed by atoms with Crippen LogP contribution in [0, 0.1) is 11.8 Å². The molecule has 0 amide bonds. The quantitative estimate of drug-likeness (QED) is 0.540. The average molecular weight is 152 g/mol. The highest BCUT2D eigenvalue weighted by atomic mass is 14.2. The summed E-state index contributed by atoms with van der Waals surface area (Å²) in [5.74, 6) is 1.75. The van der Waals surface area contributed by atoms with Gasteiger partial charge in [0.2, 0.25) is 0 Å². The summed E-state index contributed by atoms with van der Waals surface area (Å²) < 4.78 is 0. The molecule has 0 aliphatic heterocycles. The maximum Gasteiger partial charge on any atom is -0.0233 e. The van der Waals surface area contributed by atoms with E-state index in [9.17, 15) is 0 Å². The zero-order chi connectivity index (χ0) is 8.10. The van der Waals surface area contributed by atoms with Gasteiger partial charge in [-0.15, -0.1) is 0 Å². The van der Waals surface area contributed by atoms with Crippen LogP contribution in [0.2, 0.25) is 0 Å². The van der Waals surface area contributed by atoms with Gasteiger partial charge in [-0.2, -0.15) is 0 Å². The summed E-state index contributed by atoms with van der Waals surface area (Å²) in [6, 6.07) is 0. The zero-order valence-electron chi connectivity index (χ0n) is 7.84. The molecule has 0 aromatic rings. The summed E-state index contributed by atoms with van der Waals surface area (Å²) >= 11 is 0. The molecule has 0 spiro atoms. The monoisotopic (exact) mass is 152 g/mol. The molecule has 0 aromatic heterocycles. The van der Waals surface area contributed by atoms with Gasteiger partial charge < -0.3 is 0 Å². The predicted molar refractivity (Wildman–Crippen MR) is 50.6 cm³/mol. The fourth-order valence-corrected chi connectivity index (χ4v) is 1.72. The van der Waals surface area contributed by atoms with E-state index in [0.717, 1.165) is 11.8 Å². The molecule has 1 aliphatic rings. The van der Waals surface area contributed by atoms with Crippen LogP contribution in [0.25, 0.3) is 0 Å². The summed E-state index contributed by atoms with van der Waals surface area (Å²) in [6.45, 7) is 4.59. The Morgan fingerprint density at radius 1 is 1.27 bits per heavy atom. The topological polar surface area (TPSA) is 0 Å². The molecule has 11 heavy (non-hydrogen) atoms. The highest BCUT2D eigenvalue weighted by Crippen LogP contribution is 2.25. The first-order valence-corrected chi connectivity index (χ1v) is 5.01. The highest BCUT2D eigenvalue weighted by molar-refractivity contribution is 4.96. The lowest BCUT2D eigenvalue weighted by Gasteiger charge is -2.19. The normalized spacial score (nSPS) is 30.7. The Kier molecular flexibility index (Phi) is 3.68. The molecule has 0 heterocycles. The van der Waals surface area contributed by atoms with Crippen LogP contribution in [0.4, 0.5) is 0 Å². The van der Waals surface area contributed by atoms with Gasteiger partial charge in [0.1, 0.15) is 0 Å². The van der Waals surface area contributed by atoms with Crippen LogP contribution in [-0.2, 0) is 0 Å². The Bertz CT molecular complexity index is 124. The number of allylic oxidation sites excluding steroid dienone is 2. The molecule has 0 saturated heterocycles.